The Bertz CT molecular complexity index is 692. The molecular formula is C14H18N2O3S. The number of hydrogen-bond acceptors (Lipinski definition) is 5. The Hall–Kier alpha value is -1.24. The topological polar surface area (TPSA) is 75.3 Å². The van der Waals surface area contributed by atoms with Crippen molar-refractivity contribution in [3.8, 4) is 0 Å². The molecule has 0 radical (unpaired) electrons. The van der Waals surface area contributed by atoms with Gasteiger partial charge in [-0.25, -0.2) is 4.98 Å². The lowest BCUT2D eigenvalue weighted by Crippen LogP contribution is -2.29. The van der Waals surface area contributed by atoms with Crippen LogP contribution in [0.25, 0.3) is 10.2 Å². The minimum atomic E-state index is -0.929. The van der Waals surface area contributed by atoms with E-state index >= 15 is 0 Å². The molecule has 3 rings (SSSR count). The highest BCUT2D eigenvalue weighted by molar-refractivity contribution is 7.18. The third-order valence-electron chi connectivity index (χ3n) is 3.90. The molecule has 0 aliphatic heterocycles. The van der Waals surface area contributed by atoms with Crippen LogP contribution < -0.4 is 5.56 Å². The standard InChI is InChI=1S/C14H18N2O3S/c1-8-2-3-10-11(4-8)20-13-12(10)14(19)16(7-15-13)5-9(18)6-17/h7-9,17-18H,2-6H2,1H3/t8-,9+/m0/s1. The average molecular weight is 294 g/mol. The Morgan fingerprint density at radius 1 is 1.60 bits per heavy atom. The van der Waals surface area contributed by atoms with Gasteiger partial charge >= 0.3 is 0 Å². The van der Waals surface area contributed by atoms with Gasteiger partial charge in [0.15, 0.2) is 0 Å². The minimum Gasteiger partial charge on any atom is -0.394 e. The lowest BCUT2D eigenvalue weighted by atomic mass is 9.89. The maximum Gasteiger partial charge on any atom is 0.262 e. The Kier molecular flexibility index (Phi) is 3.62. The molecule has 6 heteroatoms. The van der Waals surface area contributed by atoms with Crippen molar-refractivity contribution in [2.24, 2.45) is 5.92 Å². The summed E-state index contributed by atoms with van der Waals surface area (Å²) in [4.78, 5) is 19.0. The van der Waals surface area contributed by atoms with E-state index < -0.39 is 6.10 Å². The van der Waals surface area contributed by atoms with Crippen molar-refractivity contribution in [3.63, 3.8) is 0 Å². The lowest BCUT2D eigenvalue weighted by Gasteiger charge is -2.17. The van der Waals surface area contributed by atoms with Gasteiger partial charge in [-0.1, -0.05) is 6.92 Å². The first kappa shape index (κ1) is 13.7. The fourth-order valence-electron chi connectivity index (χ4n) is 2.78. The van der Waals surface area contributed by atoms with Gasteiger partial charge < -0.3 is 10.2 Å². The Labute approximate surface area is 120 Å². The van der Waals surface area contributed by atoms with Gasteiger partial charge in [-0.05, 0) is 30.7 Å². The SMILES string of the molecule is C[C@H]1CCc2c(sc3ncn(C[C@@H](O)CO)c(=O)c23)C1. The van der Waals surface area contributed by atoms with Crippen LogP contribution in [0.2, 0.25) is 0 Å². The molecule has 0 unspecified atom stereocenters. The number of aromatic nitrogens is 2. The van der Waals surface area contributed by atoms with Gasteiger partial charge in [-0.2, -0.15) is 0 Å². The fraction of sp³-hybridized carbons (Fsp3) is 0.571. The summed E-state index contributed by atoms with van der Waals surface area (Å²) in [6.45, 7) is 1.96. The van der Waals surface area contributed by atoms with Crippen LogP contribution in [0.3, 0.4) is 0 Å². The zero-order valence-electron chi connectivity index (χ0n) is 11.4. The number of rotatable bonds is 3. The van der Waals surface area contributed by atoms with E-state index in [2.05, 4.69) is 11.9 Å². The normalized spacial score (nSPS) is 20.1. The van der Waals surface area contributed by atoms with E-state index in [0.717, 1.165) is 29.7 Å². The second-order valence-corrected chi connectivity index (χ2v) is 6.65. The van der Waals surface area contributed by atoms with Gasteiger partial charge in [0.1, 0.15) is 4.83 Å². The first-order valence-electron chi connectivity index (χ1n) is 6.88. The number of aliphatic hydroxyl groups is 2. The molecule has 2 aromatic rings. The van der Waals surface area contributed by atoms with E-state index in [0.29, 0.717) is 11.3 Å². The number of aryl methyl sites for hydroxylation is 1. The van der Waals surface area contributed by atoms with Crippen molar-refractivity contribution in [2.75, 3.05) is 6.61 Å². The second kappa shape index (κ2) is 5.27. The van der Waals surface area contributed by atoms with Crippen molar-refractivity contribution in [3.05, 3.63) is 27.1 Å². The molecule has 0 saturated heterocycles. The molecule has 1 aliphatic rings. The molecule has 0 fully saturated rings. The Balaban J connectivity index is 2.10. The van der Waals surface area contributed by atoms with Gasteiger partial charge in [0.2, 0.25) is 0 Å². The largest absolute Gasteiger partial charge is 0.394 e. The van der Waals surface area contributed by atoms with E-state index in [-0.39, 0.29) is 18.7 Å². The predicted molar refractivity (Wildman–Crippen MR) is 78.2 cm³/mol. The van der Waals surface area contributed by atoms with Gasteiger partial charge in [-0.15, -0.1) is 11.3 Å². The Morgan fingerprint density at radius 3 is 3.15 bits per heavy atom. The van der Waals surface area contributed by atoms with Crippen LogP contribution in [0.15, 0.2) is 11.1 Å². The summed E-state index contributed by atoms with van der Waals surface area (Å²) in [7, 11) is 0. The van der Waals surface area contributed by atoms with Crippen LogP contribution in [-0.4, -0.2) is 32.5 Å². The van der Waals surface area contributed by atoms with E-state index in [1.165, 1.54) is 15.8 Å². The molecule has 0 amide bonds. The lowest BCUT2D eigenvalue weighted by molar-refractivity contribution is 0.0803. The molecule has 20 heavy (non-hydrogen) atoms. The van der Waals surface area contributed by atoms with Crippen LogP contribution in [-0.2, 0) is 19.4 Å². The second-order valence-electron chi connectivity index (χ2n) is 5.57. The van der Waals surface area contributed by atoms with Crippen LogP contribution in [0, 0.1) is 5.92 Å². The fourth-order valence-corrected chi connectivity index (χ4v) is 4.12. The van der Waals surface area contributed by atoms with Gasteiger partial charge in [0, 0.05) is 4.88 Å². The highest BCUT2D eigenvalue weighted by Gasteiger charge is 2.23. The predicted octanol–water partition coefficient (Wildman–Crippen LogP) is 0.936. The van der Waals surface area contributed by atoms with E-state index in [4.69, 9.17) is 5.11 Å². The summed E-state index contributed by atoms with van der Waals surface area (Å²) in [5.74, 6) is 0.661. The van der Waals surface area contributed by atoms with E-state index in [1.807, 2.05) is 0 Å². The highest BCUT2D eigenvalue weighted by atomic mass is 32.1. The quantitative estimate of drug-likeness (QED) is 0.883. The molecule has 2 aromatic heterocycles. The third kappa shape index (κ3) is 2.28. The summed E-state index contributed by atoms with van der Waals surface area (Å²) < 4.78 is 1.40. The molecule has 2 atom stereocenters. The molecule has 2 heterocycles. The highest BCUT2D eigenvalue weighted by Crippen LogP contribution is 2.35. The van der Waals surface area contributed by atoms with E-state index in [1.54, 1.807) is 11.3 Å². The average Bonchev–Trinajstić information content (AvgIpc) is 2.79. The van der Waals surface area contributed by atoms with Crippen LogP contribution in [0.5, 0.6) is 0 Å². The zero-order valence-corrected chi connectivity index (χ0v) is 12.2. The third-order valence-corrected chi connectivity index (χ3v) is 5.06. The molecule has 0 saturated carbocycles. The van der Waals surface area contributed by atoms with Crippen LogP contribution >= 0.6 is 11.3 Å². The molecular weight excluding hydrogens is 276 g/mol. The Morgan fingerprint density at radius 2 is 2.40 bits per heavy atom. The first-order valence-corrected chi connectivity index (χ1v) is 7.70. The van der Waals surface area contributed by atoms with Gasteiger partial charge in [0.25, 0.3) is 5.56 Å². The van der Waals surface area contributed by atoms with Gasteiger partial charge in [-0.3, -0.25) is 9.36 Å². The molecule has 0 spiro atoms. The summed E-state index contributed by atoms with van der Waals surface area (Å²) in [6, 6.07) is 0. The monoisotopic (exact) mass is 294 g/mol. The molecule has 0 bridgehead atoms. The van der Waals surface area contributed by atoms with Crippen molar-refractivity contribution < 1.29 is 10.2 Å². The van der Waals surface area contributed by atoms with Crippen LogP contribution in [0.1, 0.15) is 23.8 Å². The molecule has 5 nitrogen and oxygen atoms in total. The summed E-state index contributed by atoms with van der Waals surface area (Å²) in [6.07, 6.45) is 3.59. The minimum absolute atomic E-state index is 0.0826. The smallest absolute Gasteiger partial charge is 0.262 e. The molecule has 108 valence electrons. The number of aliphatic hydroxyl groups excluding tert-OH is 2. The van der Waals surface area contributed by atoms with Gasteiger partial charge in [0.05, 0.1) is 31.0 Å². The zero-order chi connectivity index (χ0) is 14.3. The van der Waals surface area contributed by atoms with Crippen LogP contribution in [0.4, 0.5) is 0 Å². The summed E-state index contributed by atoms with van der Waals surface area (Å²) in [5, 5.41) is 19.1. The molecule has 2 N–H and O–H groups in total. The first-order chi connectivity index (χ1) is 9.60. The van der Waals surface area contributed by atoms with Crippen molar-refractivity contribution in [1.82, 2.24) is 9.55 Å². The number of fused-ring (bicyclic) bond motifs is 3. The maximum absolute atomic E-state index is 12.5. The maximum atomic E-state index is 12.5. The van der Waals surface area contributed by atoms with Crippen molar-refractivity contribution in [2.45, 2.75) is 38.8 Å². The molecule has 1 aliphatic carbocycles. The molecule has 0 aromatic carbocycles. The number of thiophene rings is 1. The van der Waals surface area contributed by atoms with E-state index in [9.17, 15) is 9.90 Å². The van der Waals surface area contributed by atoms with Crippen molar-refractivity contribution in [1.29, 1.82) is 0 Å². The summed E-state index contributed by atoms with van der Waals surface area (Å²) >= 11 is 1.61. The number of hydrogen-bond donors (Lipinski definition) is 2. The van der Waals surface area contributed by atoms with Crippen molar-refractivity contribution >= 4 is 21.6 Å². The number of nitrogens with zero attached hydrogens (tertiary/aromatic N) is 2. The summed E-state index contributed by atoms with van der Waals surface area (Å²) in [5.41, 5.74) is 1.04.